The number of nitrogens with zero attached hydrogens (tertiary/aromatic N) is 1. The summed E-state index contributed by atoms with van der Waals surface area (Å²) >= 11 is 6.45. The topological polar surface area (TPSA) is 65.1 Å². The highest BCUT2D eigenvalue weighted by Crippen LogP contribution is 2.34. The van der Waals surface area contributed by atoms with E-state index in [1.165, 1.54) is 23.8 Å². The minimum atomic E-state index is -0.821. The Hall–Kier alpha value is -2.32. The molecule has 27 heavy (non-hydrogen) atoms. The second-order valence-corrected chi connectivity index (χ2v) is 8.23. The van der Waals surface area contributed by atoms with Gasteiger partial charge in [-0.2, -0.15) is 0 Å². The van der Waals surface area contributed by atoms with Gasteiger partial charge in [0, 0.05) is 6.54 Å². The molecule has 0 spiro atoms. The predicted octanol–water partition coefficient (Wildman–Crippen LogP) is 4.40. The fraction of sp³-hybridized carbons (Fsp3) is 0.316. The van der Waals surface area contributed by atoms with Crippen LogP contribution in [0.3, 0.4) is 0 Å². The molecule has 0 aromatic heterocycles. The van der Waals surface area contributed by atoms with Crippen LogP contribution in [0.25, 0.3) is 6.08 Å². The van der Waals surface area contributed by atoms with Crippen molar-refractivity contribution in [2.45, 2.75) is 26.4 Å². The van der Waals surface area contributed by atoms with Crippen LogP contribution in [0.2, 0.25) is 0 Å². The average molecular weight is 408 g/mol. The zero-order chi connectivity index (χ0) is 20.2. The van der Waals surface area contributed by atoms with E-state index in [1.807, 2.05) is 0 Å². The van der Waals surface area contributed by atoms with Crippen molar-refractivity contribution in [2.75, 3.05) is 13.7 Å². The first kappa shape index (κ1) is 21.0. The smallest absolute Gasteiger partial charge is 0.493 e. The van der Waals surface area contributed by atoms with Crippen LogP contribution in [0.4, 0.5) is 4.79 Å². The van der Waals surface area contributed by atoms with Gasteiger partial charge in [-0.15, -0.1) is 6.58 Å². The Morgan fingerprint density at radius 3 is 2.63 bits per heavy atom. The molecular formula is C19H21NO5S2. The van der Waals surface area contributed by atoms with Gasteiger partial charge in [0.15, 0.2) is 11.5 Å². The van der Waals surface area contributed by atoms with Crippen LogP contribution < -0.4 is 9.47 Å². The van der Waals surface area contributed by atoms with Gasteiger partial charge in [-0.3, -0.25) is 9.69 Å². The van der Waals surface area contributed by atoms with E-state index in [0.29, 0.717) is 27.1 Å². The summed E-state index contributed by atoms with van der Waals surface area (Å²) in [6.45, 7) is 9.24. The molecule has 0 atom stereocenters. The van der Waals surface area contributed by atoms with Gasteiger partial charge >= 0.3 is 6.16 Å². The molecule has 1 saturated heterocycles. The van der Waals surface area contributed by atoms with Crippen LogP contribution in [0, 0.1) is 0 Å². The lowest BCUT2D eigenvalue weighted by Crippen LogP contribution is -2.27. The third kappa shape index (κ3) is 5.58. The minimum Gasteiger partial charge on any atom is -0.493 e. The SMILES string of the molecule is C=CCN1C(=O)/C(=C/c2ccc(OC(=O)OC(C)(C)C)c(OC)c2)SC1=S. The number of amides is 1. The van der Waals surface area contributed by atoms with Gasteiger partial charge in [0.2, 0.25) is 0 Å². The van der Waals surface area contributed by atoms with Gasteiger partial charge in [0.25, 0.3) is 5.91 Å². The molecule has 1 heterocycles. The van der Waals surface area contributed by atoms with Gasteiger partial charge in [-0.05, 0) is 44.5 Å². The lowest BCUT2D eigenvalue weighted by molar-refractivity contribution is -0.121. The zero-order valence-corrected chi connectivity index (χ0v) is 17.2. The summed E-state index contributed by atoms with van der Waals surface area (Å²) in [5.74, 6) is 0.400. The average Bonchev–Trinajstić information content (AvgIpc) is 2.82. The number of thiocarbonyl (C=S) groups is 1. The molecule has 0 N–H and O–H groups in total. The number of methoxy groups -OCH3 is 1. The highest BCUT2D eigenvalue weighted by atomic mass is 32.2. The fourth-order valence-corrected chi connectivity index (χ4v) is 3.43. The molecule has 6 nitrogen and oxygen atoms in total. The van der Waals surface area contributed by atoms with E-state index < -0.39 is 11.8 Å². The van der Waals surface area contributed by atoms with E-state index in [1.54, 1.807) is 51.1 Å². The van der Waals surface area contributed by atoms with Crippen molar-refractivity contribution in [3.63, 3.8) is 0 Å². The minimum absolute atomic E-state index is 0.169. The predicted molar refractivity (Wildman–Crippen MR) is 110 cm³/mol. The van der Waals surface area contributed by atoms with Gasteiger partial charge < -0.3 is 14.2 Å². The van der Waals surface area contributed by atoms with E-state index >= 15 is 0 Å². The molecule has 1 aliphatic rings. The number of carbonyl (C=O) groups excluding carboxylic acids is 2. The van der Waals surface area contributed by atoms with Crippen LogP contribution >= 0.6 is 24.0 Å². The Morgan fingerprint density at radius 1 is 1.33 bits per heavy atom. The maximum atomic E-state index is 12.4. The van der Waals surface area contributed by atoms with Crippen molar-refractivity contribution in [2.24, 2.45) is 0 Å². The number of benzene rings is 1. The molecule has 0 bridgehead atoms. The van der Waals surface area contributed by atoms with Crippen LogP contribution in [0.1, 0.15) is 26.3 Å². The van der Waals surface area contributed by atoms with Crippen LogP contribution in [0.15, 0.2) is 35.8 Å². The third-order valence-electron chi connectivity index (χ3n) is 3.25. The third-order valence-corrected chi connectivity index (χ3v) is 4.63. The van der Waals surface area contributed by atoms with Crippen molar-refractivity contribution >= 4 is 46.4 Å². The first-order valence-electron chi connectivity index (χ1n) is 8.09. The van der Waals surface area contributed by atoms with Crippen molar-refractivity contribution in [3.05, 3.63) is 41.3 Å². The Morgan fingerprint density at radius 2 is 2.04 bits per heavy atom. The molecule has 0 aliphatic carbocycles. The molecule has 1 aromatic carbocycles. The lowest BCUT2D eigenvalue weighted by Gasteiger charge is -2.19. The van der Waals surface area contributed by atoms with Crippen LogP contribution in [0.5, 0.6) is 11.5 Å². The summed E-state index contributed by atoms with van der Waals surface area (Å²) < 4.78 is 16.1. The number of hydrogen-bond donors (Lipinski definition) is 0. The summed E-state index contributed by atoms with van der Waals surface area (Å²) in [7, 11) is 1.46. The van der Waals surface area contributed by atoms with Crippen molar-refractivity contribution in [1.82, 2.24) is 4.90 Å². The number of thioether (sulfide) groups is 1. The number of carbonyl (C=O) groups is 2. The number of ether oxygens (including phenoxy) is 3. The maximum absolute atomic E-state index is 12.4. The highest BCUT2D eigenvalue weighted by Gasteiger charge is 2.31. The van der Waals surface area contributed by atoms with Gasteiger partial charge in [-0.1, -0.05) is 36.1 Å². The Kier molecular flexibility index (Phi) is 6.67. The summed E-state index contributed by atoms with van der Waals surface area (Å²) in [4.78, 5) is 26.2. The van der Waals surface area contributed by atoms with Gasteiger partial charge in [-0.25, -0.2) is 4.79 Å². The maximum Gasteiger partial charge on any atom is 0.514 e. The molecule has 0 radical (unpaired) electrons. The van der Waals surface area contributed by atoms with E-state index in [0.717, 1.165) is 0 Å². The van der Waals surface area contributed by atoms with Crippen molar-refractivity contribution in [1.29, 1.82) is 0 Å². The van der Waals surface area contributed by atoms with E-state index in [4.69, 9.17) is 26.4 Å². The second-order valence-electron chi connectivity index (χ2n) is 6.56. The first-order valence-corrected chi connectivity index (χ1v) is 9.32. The lowest BCUT2D eigenvalue weighted by atomic mass is 10.2. The molecule has 8 heteroatoms. The van der Waals surface area contributed by atoms with E-state index in [9.17, 15) is 9.59 Å². The van der Waals surface area contributed by atoms with E-state index in [2.05, 4.69) is 6.58 Å². The van der Waals surface area contributed by atoms with Crippen LogP contribution in [-0.2, 0) is 9.53 Å². The summed E-state index contributed by atoms with van der Waals surface area (Å²) in [6.07, 6.45) is 2.51. The largest absolute Gasteiger partial charge is 0.514 e. The monoisotopic (exact) mass is 407 g/mol. The Labute approximate surface area is 168 Å². The van der Waals surface area contributed by atoms with Gasteiger partial charge in [0.1, 0.15) is 9.92 Å². The fourth-order valence-electron chi connectivity index (χ4n) is 2.16. The summed E-state index contributed by atoms with van der Waals surface area (Å²) in [5, 5.41) is 0. The molecule has 0 saturated carbocycles. The zero-order valence-electron chi connectivity index (χ0n) is 15.6. The summed E-state index contributed by atoms with van der Waals surface area (Å²) in [6, 6.07) is 4.96. The van der Waals surface area contributed by atoms with Crippen molar-refractivity contribution < 1.29 is 23.8 Å². The molecule has 2 rings (SSSR count). The molecule has 1 amide bonds. The Balaban J connectivity index is 2.21. The molecule has 0 unspecified atom stereocenters. The molecule has 1 aromatic rings. The summed E-state index contributed by atoms with van der Waals surface area (Å²) in [5.41, 5.74) is 0.0484. The highest BCUT2D eigenvalue weighted by molar-refractivity contribution is 8.26. The molecule has 1 aliphatic heterocycles. The number of rotatable bonds is 5. The second kappa shape index (κ2) is 8.58. The molecular weight excluding hydrogens is 386 g/mol. The molecule has 144 valence electrons. The van der Waals surface area contributed by atoms with E-state index in [-0.39, 0.29) is 11.7 Å². The normalized spacial score (nSPS) is 15.9. The first-order chi connectivity index (χ1) is 12.6. The van der Waals surface area contributed by atoms with Crippen molar-refractivity contribution in [3.8, 4) is 11.5 Å². The Bertz CT molecular complexity index is 811. The number of hydrogen-bond acceptors (Lipinski definition) is 7. The quantitative estimate of drug-likeness (QED) is 0.236. The standard InChI is InChI=1S/C19H21NO5S2/c1-6-9-20-16(21)15(27-17(20)26)11-12-7-8-13(14(10-12)23-5)24-18(22)25-19(2,3)4/h6-8,10-11H,1,9H2,2-5H3/b15-11-. The van der Waals surface area contributed by atoms with Gasteiger partial charge in [0.05, 0.1) is 12.0 Å². The van der Waals surface area contributed by atoms with Crippen LogP contribution in [-0.4, -0.2) is 40.5 Å². The molecule has 1 fully saturated rings.